The van der Waals surface area contributed by atoms with E-state index in [4.69, 9.17) is 14.2 Å². The number of esters is 1. The van der Waals surface area contributed by atoms with E-state index < -0.39 is 47.7 Å². The van der Waals surface area contributed by atoms with Crippen molar-refractivity contribution in [2.45, 2.75) is 148 Å². The van der Waals surface area contributed by atoms with Crippen molar-refractivity contribution in [3.63, 3.8) is 0 Å². The Bertz CT molecular complexity index is 1150. The first-order valence-corrected chi connectivity index (χ1v) is 17.8. The van der Waals surface area contributed by atoms with E-state index in [-0.39, 0.29) is 43.3 Å². The van der Waals surface area contributed by atoms with Gasteiger partial charge < -0.3 is 39.5 Å². The molecule has 0 saturated carbocycles. The van der Waals surface area contributed by atoms with Crippen molar-refractivity contribution in [3.8, 4) is 0 Å². The summed E-state index contributed by atoms with van der Waals surface area (Å²) in [7, 11) is 0. The van der Waals surface area contributed by atoms with E-state index in [1.165, 1.54) is 0 Å². The van der Waals surface area contributed by atoms with Crippen LogP contribution in [0.25, 0.3) is 0 Å². The zero-order valence-corrected chi connectivity index (χ0v) is 30.4. The number of allylic oxidation sites excluding steroid dienone is 2. The van der Waals surface area contributed by atoms with E-state index >= 15 is 0 Å². The third-order valence-electron chi connectivity index (χ3n) is 10.1. The van der Waals surface area contributed by atoms with Crippen molar-refractivity contribution < 1.29 is 44.2 Å². The molecule has 0 spiro atoms. The molecule has 1 amide bonds. The van der Waals surface area contributed by atoms with Gasteiger partial charge in [-0.05, 0) is 72.0 Å². The van der Waals surface area contributed by atoms with Crippen LogP contribution < -0.4 is 0 Å². The number of cyclic esters (lactones) is 1. The van der Waals surface area contributed by atoms with Gasteiger partial charge in [0.1, 0.15) is 11.7 Å². The molecular formula is C37H62N2O9. The lowest BCUT2D eigenvalue weighted by molar-refractivity contribution is -0.151. The molecular weight excluding hydrogens is 616 g/mol. The molecule has 11 heteroatoms. The lowest BCUT2D eigenvalue weighted by Crippen LogP contribution is -2.46. The van der Waals surface area contributed by atoms with Gasteiger partial charge in [-0.1, -0.05) is 45.1 Å². The van der Waals surface area contributed by atoms with E-state index in [2.05, 4.69) is 18.7 Å². The average molecular weight is 679 g/mol. The SMILES string of the molecule is CCC(O)C(C)C1OC1CC(C)(O)/C=C/C=C(\C)C1OC(=O)CC(O)CCC(C)(O)C(OC(=O)N2CCCN(C(C)C)CC2)/C=C\C1C. The van der Waals surface area contributed by atoms with E-state index in [1.54, 1.807) is 49.1 Å². The van der Waals surface area contributed by atoms with Crippen LogP contribution in [-0.4, -0.2) is 122 Å². The maximum atomic E-state index is 13.3. The standard InChI is InChI=1S/C37H62N2O9/c1-9-29(41)27(6)34-30(46-34)23-36(7,44)16-10-12-25(4)33-26(5)13-14-31(37(8,45)17-15-28(40)22-32(42)48-33)47-35(43)39-19-11-18-38(20-21-39)24(2)3/h10,12-14,16,24,26-31,33-34,40-41,44-45H,9,11,15,17-23H2,1-8H3/b14-13-,16-10+,25-12+. The van der Waals surface area contributed by atoms with Crippen molar-refractivity contribution in [2.24, 2.45) is 11.8 Å². The first kappa shape index (κ1) is 40.2. The quantitative estimate of drug-likeness (QED) is 0.115. The lowest BCUT2D eigenvalue weighted by atomic mass is 9.88. The summed E-state index contributed by atoms with van der Waals surface area (Å²) in [5.74, 6) is -0.947. The number of aliphatic hydroxyl groups excluding tert-OH is 2. The summed E-state index contributed by atoms with van der Waals surface area (Å²) in [5, 5.41) is 43.3. The van der Waals surface area contributed by atoms with Crippen LogP contribution in [0.3, 0.4) is 0 Å². The molecule has 11 nitrogen and oxygen atoms in total. The normalized spacial score (nSPS) is 34.7. The Balaban J connectivity index is 1.75. The third-order valence-corrected chi connectivity index (χ3v) is 10.1. The molecule has 3 aliphatic heterocycles. The fraction of sp³-hybridized carbons (Fsp3) is 0.784. The molecule has 10 unspecified atom stereocenters. The monoisotopic (exact) mass is 678 g/mol. The molecule has 2 saturated heterocycles. The van der Waals surface area contributed by atoms with Gasteiger partial charge in [0.2, 0.25) is 0 Å². The van der Waals surface area contributed by atoms with Crippen LogP contribution in [0.15, 0.2) is 36.0 Å². The van der Waals surface area contributed by atoms with Crippen molar-refractivity contribution in [1.29, 1.82) is 0 Å². The topological polar surface area (TPSA) is 153 Å². The molecule has 0 radical (unpaired) electrons. The Hall–Kier alpha value is -2.28. The minimum absolute atomic E-state index is 0.0115. The maximum absolute atomic E-state index is 13.3. The Morgan fingerprint density at radius 2 is 1.92 bits per heavy atom. The maximum Gasteiger partial charge on any atom is 0.410 e. The number of ether oxygens (including phenoxy) is 3. The van der Waals surface area contributed by atoms with Crippen LogP contribution in [0, 0.1) is 11.8 Å². The molecule has 3 aliphatic rings. The summed E-state index contributed by atoms with van der Waals surface area (Å²) < 4.78 is 17.6. The van der Waals surface area contributed by atoms with Gasteiger partial charge in [0.15, 0.2) is 6.10 Å². The van der Waals surface area contributed by atoms with Gasteiger partial charge in [-0.15, -0.1) is 0 Å². The number of hydrogen-bond donors (Lipinski definition) is 4. The second-order valence-electron chi connectivity index (χ2n) is 15.0. The van der Waals surface area contributed by atoms with Crippen LogP contribution in [-0.2, 0) is 19.0 Å². The molecule has 0 aromatic heterocycles. The summed E-state index contributed by atoms with van der Waals surface area (Å²) in [6.45, 7) is 17.9. The molecule has 0 aliphatic carbocycles. The summed E-state index contributed by atoms with van der Waals surface area (Å²) >= 11 is 0. The Labute approximate surface area is 287 Å². The largest absolute Gasteiger partial charge is 0.457 e. The molecule has 4 N–H and O–H groups in total. The van der Waals surface area contributed by atoms with Gasteiger partial charge >= 0.3 is 12.1 Å². The zero-order chi connectivity index (χ0) is 35.8. The highest BCUT2D eigenvalue weighted by Crippen LogP contribution is 2.37. The first-order chi connectivity index (χ1) is 22.4. The smallest absolute Gasteiger partial charge is 0.410 e. The van der Waals surface area contributed by atoms with Crippen LogP contribution >= 0.6 is 0 Å². The van der Waals surface area contributed by atoms with E-state index in [9.17, 15) is 30.0 Å². The van der Waals surface area contributed by atoms with Crippen LogP contribution in [0.1, 0.15) is 93.9 Å². The summed E-state index contributed by atoms with van der Waals surface area (Å²) in [6.07, 6.45) is 6.57. The molecule has 3 rings (SSSR count). The molecule has 48 heavy (non-hydrogen) atoms. The fourth-order valence-electron chi connectivity index (χ4n) is 6.62. The zero-order valence-electron chi connectivity index (χ0n) is 30.4. The van der Waals surface area contributed by atoms with Gasteiger partial charge in [-0.25, -0.2) is 4.79 Å². The Kier molecular flexibility index (Phi) is 14.7. The number of nitrogens with zero attached hydrogens (tertiary/aromatic N) is 2. The molecule has 10 atom stereocenters. The number of hydrogen-bond acceptors (Lipinski definition) is 10. The number of carbonyl (C=O) groups is 2. The lowest BCUT2D eigenvalue weighted by Gasteiger charge is -2.34. The van der Waals surface area contributed by atoms with Crippen molar-refractivity contribution in [3.05, 3.63) is 36.0 Å². The molecule has 274 valence electrons. The summed E-state index contributed by atoms with van der Waals surface area (Å²) in [5.41, 5.74) is -1.94. The summed E-state index contributed by atoms with van der Waals surface area (Å²) in [6, 6.07) is 0.382. The van der Waals surface area contributed by atoms with Crippen molar-refractivity contribution in [1.82, 2.24) is 9.80 Å². The van der Waals surface area contributed by atoms with E-state index in [0.29, 0.717) is 37.5 Å². The number of rotatable bonds is 10. The summed E-state index contributed by atoms with van der Waals surface area (Å²) in [4.78, 5) is 30.2. The molecule has 3 heterocycles. The second-order valence-corrected chi connectivity index (χ2v) is 15.0. The average Bonchev–Trinajstić information content (AvgIpc) is 3.81. The molecule has 0 aromatic carbocycles. The van der Waals surface area contributed by atoms with Crippen LogP contribution in [0.2, 0.25) is 0 Å². The van der Waals surface area contributed by atoms with E-state index in [0.717, 1.165) is 19.5 Å². The highest BCUT2D eigenvalue weighted by Gasteiger charge is 2.47. The number of carbonyl (C=O) groups excluding carboxylic acids is 2. The Morgan fingerprint density at radius 1 is 1.21 bits per heavy atom. The van der Waals surface area contributed by atoms with Gasteiger partial charge in [-0.2, -0.15) is 0 Å². The van der Waals surface area contributed by atoms with Gasteiger partial charge in [0.25, 0.3) is 0 Å². The minimum atomic E-state index is -1.49. The van der Waals surface area contributed by atoms with Crippen molar-refractivity contribution >= 4 is 12.1 Å². The predicted octanol–water partition coefficient (Wildman–Crippen LogP) is 4.13. The predicted molar refractivity (Wildman–Crippen MR) is 184 cm³/mol. The fourth-order valence-corrected chi connectivity index (χ4v) is 6.62. The minimum Gasteiger partial charge on any atom is -0.457 e. The number of aliphatic hydroxyl groups is 4. The molecule has 2 fully saturated rings. The van der Waals surface area contributed by atoms with Crippen LogP contribution in [0.5, 0.6) is 0 Å². The number of epoxide rings is 1. The third kappa shape index (κ3) is 11.9. The van der Waals surface area contributed by atoms with Crippen LogP contribution in [0.4, 0.5) is 4.79 Å². The van der Waals surface area contributed by atoms with E-state index in [1.807, 2.05) is 27.7 Å². The highest BCUT2D eigenvalue weighted by molar-refractivity contribution is 5.70. The van der Waals surface area contributed by atoms with Gasteiger partial charge in [0.05, 0.1) is 36.4 Å². The molecule has 0 bridgehead atoms. The van der Waals surface area contributed by atoms with Crippen molar-refractivity contribution in [2.75, 3.05) is 26.2 Å². The second kappa shape index (κ2) is 17.6. The number of amides is 1. The molecule has 0 aromatic rings. The van der Waals surface area contributed by atoms with Gasteiger partial charge in [0, 0.05) is 50.5 Å². The highest BCUT2D eigenvalue weighted by atomic mass is 16.6. The Morgan fingerprint density at radius 3 is 2.58 bits per heavy atom. The first-order valence-electron chi connectivity index (χ1n) is 17.8. The van der Waals surface area contributed by atoms with Gasteiger partial charge in [-0.3, -0.25) is 9.69 Å².